The van der Waals surface area contributed by atoms with Gasteiger partial charge in [-0.25, -0.2) is 9.18 Å². The van der Waals surface area contributed by atoms with Crippen LogP contribution in [0.25, 0.3) is 0 Å². The van der Waals surface area contributed by atoms with Gasteiger partial charge in [0.25, 0.3) is 11.8 Å². The van der Waals surface area contributed by atoms with E-state index in [1.54, 1.807) is 12.1 Å². The fourth-order valence-corrected chi connectivity index (χ4v) is 1.99. The second-order valence-corrected chi connectivity index (χ2v) is 5.75. The molecule has 0 fully saturated rings. The molecule has 2 aromatic rings. The molecule has 0 saturated heterocycles. The molecule has 8 heteroatoms. The molecule has 0 atom stereocenters. The first-order chi connectivity index (χ1) is 12.3. The Morgan fingerprint density at radius 3 is 1.73 bits per heavy atom. The fraction of sp³-hybridized carbons (Fsp3) is 0.167. The molecule has 0 heterocycles. The van der Waals surface area contributed by atoms with Crippen molar-refractivity contribution in [2.24, 2.45) is 0 Å². The highest BCUT2D eigenvalue weighted by atomic mass is 19.1. The summed E-state index contributed by atoms with van der Waals surface area (Å²) in [5.41, 5.74) is 5.54. The van der Waals surface area contributed by atoms with Crippen LogP contribution in [0.4, 0.5) is 14.9 Å². The molecule has 0 radical (unpaired) electrons. The first-order valence-electron chi connectivity index (χ1n) is 7.89. The molecule has 0 aliphatic heterocycles. The zero-order chi connectivity index (χ0) is 19.1. The van der Waals surface area contributed by atoms with E-state index in [1.165, 1.54) is 24.3 Å². The number of hydrazine groups is 1. The molecule has 0 unspecified atom stereocenters. The highest BCUT2D eigenvalue weighted by Crippen LogP contribution is 2.09. The Morgan fingerprint density at radius 1 is 0.808 bits per heavy atom. The van der Waals surface area contributed by atoms with Crippen LogP contribution in [0.1, 0.15) is 34.6 Å². The largest absolute Gasteiger partial charge is 0.336 e. The van der Waals surface area contributed by atoms with E-state index in [0.29, 0.717) is 11.3 Å². The summed E-state index contributed by atoms with van der Waals surface area (Å²) < 4.78 is 12.8. The maximum absolute atomic E-state index is 12.8. The third kappa shape index (κ3) is 5.59. The number of hydrogen-bond acceptors (Lipinski definition) is 3. The Balaban J connectivity index is 1.88. The number of halogens is 1. The van der Waals surface area contributed by atoms with Crippen LogP contribution in [0, 0.1) is 5.82 Å². The number of carbonyl (C=O) groups is 3. The van der Waals surface area contributed by atoms with Gasteiger partial charge < -0.3 is 10.6 Å². The molecule has 4 N–H and O–H groups in total. The number of carbonyl (C=O) groups excluding carboxylic acids is 3. The Labute approximate surface area is 149 Å². The summed E-state index contributed by atoms with van der Waals surface area (Å²) in [6.45, 7) is 3.68. The molecule has 2 rings (SSSR count). The normalized spacial score (nSPS) is 10.2. The summed E-state index contributed by atoms with van der Waals surface area (Å²) in [6, 6.07) is 10.7. The predicted molar refractivity (Wildman–Crippen MR) is 95.1 cm³/mol. The third-order valence-corrected chi connectivity index (χ3v) is 3.22. The van der Waals surface area contributed by atoms with Crippen molar-refractivity contribution in [2.45, 2.75) is 19.9 Å². The minimum absolute atomic E-state index is 0.00442. The number of benzene rings is 2. The van der Waals surface area contributed by atoms with Gasteiger partial charge in [0.2, 0.25) is 0 Å². The Bertz CT molecular complexity index is 789. The second kappa shape index (κ2) is 8.61. The lowest BCUT2D eigenvalue weighted by molar-refractivity contribution is 0.0846. The molecule has 4 amide bonds. The van der Waals surface area contributed by atoms with Gasteiger partial charge in [0.05, 0.1) is 0 Å². The van der Waals surface area contributed by atoms with E-state index < -0.39 is 17.6 Å². The number of rotatable bonds is 4. The van der Waals surface area contributed by atoms with Gasteiger partial charge in [-0.05, 0) is 62.4 Å². The molecule has 2 aromatic carbocycles. The SMILES string of the molecule is CC(C)NC(=O)Nc1ccc(C(=O)NNC(=O)c2ccc(F)cc2)cc1. The Kier molecular flexibility index (Phi) is 6.26. The lowest BCUT2D eigenvalue weighted by atomic mass is 10.2. The van der Waals surface area contributed by atoms with E-state index in [0.717, 1.165) is 12.1 Å². The number of amides is 4. The van der Waals surface area contributed by atoms with E-state index >= 15 is 0 Å². The van der Waals surface area contributed by atoms with Crippen LogP contribution >= 0.6 is 0 Å². The van der Waals surface area contributed by atoms with E-state index in [4.69, 9.17) is 0 Å². The zero-order valence-electron chi connectivity index (χ0n) is 14.3. The summed E-state index contributed by atoms with van der Waals surface area (Å²) in [5.74, 6) is -1.55. The second-order valence-electron chi connectivity index (χ2n) is 5.75. The van der Waals surface area contributed by atoms with E-state index in [2.05, 4.69) is 21.5 Å². The topological polar surface area (TPSA) is 99.3 Å². The van der Waals surface area contributed by atoms with Crippen molar-refractivity contribution in [3.8, 4) is 0 Å². The molecule has 136 valence electrons. The third-order valence-electron chi connectivity index (χ3n) is 3.22. The van der Waals surface area contributed by atoms with Gasteiger partial charge in [-0.3, -0.25) is 20.4 Å². The number of hydrogen-bond donors (Lipinski definition) is 4. The molecular formula is C18H19FN4O3. The van der Waals surface area contributed by atoms with Crippen LogP contribution < -0.4 is 21.5 Å². The molecule has 0 saturated carbocycles. The molecular weight excluding hydrogens is 339 g/mol. The molecule has 26 heavy (non-hydrogen) atoms. The van der Waals surface area contributed by atoms with Crippen LogP contribution in [0.5, 0.6) is 0 Å². The van der Waals surface area contributed by atoms with Gasteiger partial charge >= 0.3 is 6.03 Å². The maximum Gasteiger partial charge on any atom is 0.319 e. The predicted octanol–water partition coefficient (Wildman–Crippen LogP) is 2.43. The van der Waals surface area contributed by atoms with Gasteiger partial charge in [0.1, 0.15) is 5.82 Å². The average molecular weight is 358 g/mol. The number of nitrogens with one attached hydrogen (secondary N) is 4. The summed E-state index contributed by atoms with van der Waals surface area (Å²) >= 11 is 0. The molecule has 0 aliphatic carbocycles. The van der Waals surface area contributed by atoms with Crippen molar-refractivity contribution in [1.82, 2.24) is 16.2 Å². The standard InChI is InChI=1S/C18H19FN4O3/c1-11(2)20-18(26)21-15-9-5-13(6-10-15)17(25)23-22-16(24)12-3-7-14(19)8-4-12/h3-11H,1-2H3,(H,22,24)(H,23,25)(H2,20,21,26). The first kappa shape index (κ1) is 18.9. The van der Waals surface area contributed by atoms with Crippen molar-refractivity contribution < 1.29 is 18.8 Å². The molecule has 0 aromatic heterocycles. The van der Waals surface area contributed by atoms with Gasteiger partial charge in [0.15, 0.2) is 0 Å². The average Bonchev–Trinajstić information content (AvgIpc) is 2.60. The van der Waals surface area contributed by atoms with Crippen LogP contribution in [0.3, 0.4) is 0 Å². The monoisotopic (exact) mass is 358 g/mol. The van der Waals surface area contributed by atoms with Crippen molar-refractivity contribution in [1.29, 1.82) is 0 Å². The van der Waals surface area contributed by atoms with Crippen LogP contribution in [0.15, 0.2) is 48.5 Å². The van der Waals surface area contributed by atoms with Gasteiger partial charge in [-0.2, -0.15) is 0 Å². The van der Waals surface area contributed by atoms with Crippen molar-refractivity contribution in [2.75, 3.05) is 5.32 Å². The lowest BCUT2D eigenvalue weighted by Gasteiger charge is -2.11. The highest BCUT2D eigenvalue weighted by molar-refractivity contribution is 5.99. The molecule has 0 aliphatic rings. The van der Waals surface area contributed by atoms with Crippen LogP contribution in [-0.2, 0) is 0 Å². The van der Waals surface area contributed by atoms with Crippen LogP contribution in [-0.4, -0.2) is 23.9 Å². The quantitative estimate of drug-likeness (QED) is 0.632. The van der Waals surface area contributed by atoms with Gasteiger partial charge in [-0.1, -0.05) is 0 Å². The minimum atomic E-state index is -0.568. The minimum Gasteiger partial charge on any atom is -0.336 e. The van der Waals surface area contributed by atoms with Crippen molar-refractivity contribution >= 4 is 23.5 Å². The number of anilines is 1. The zero-order valence-corrected chi connectivity index (χ0v) is 14.3. The first-order valence-corrected chi connectivity index (χ1v) is 7.89. The smallest absolute Gasteiger partial charge is 0.319 e. The van der Waals surface area contributed by atoms with E-state index in [-0.39, 0.29) is 17.6 Å². The lowest BCUT2D eigenvalue weighted by Crippen LogP contribution is -2.41. The summed E-state index contributed by atoms with van der Waals surface area (Å²) in [4.78, 5) is 35.5. The van der Waals surface area contributed by atoms with Crippen molar-refractivity contribution in [3.63, 3.8) is 0 Å². The summed E-state index contributed by atoms with van der Waals surface area (Å²) in [7, 11) is 0. The van der Waals surface area contributed by atoms with E-state index in [9.17, 15) is 18.8 Å². The Morgan fingerprint density at radius 2 is 1.27 bits per heavy atom. The Hall–Kier alpha value is -3.42. The van der Waals surface area contributed by atoms with Gasteiger partial charge in [0, 0.05) is 22.9 Å². The van der Waals surface area contributed by atoms with Crippen LogP contribution in [0.2, 0.25) is 0 Å². The van der Waals surface area contributed by atoms with Gasteiger partial charge in [-0.15, -0.1) is 0 Å². The highest BCUT2D eigenvalue weighted by Gasteiger charge is 2.10. The molecule has 0 bridgehead atoms. The number of urea groups is 1. The molecule has 7 nitrogen and oxygen atoms in total. The van der Waals surface area contributed by atoms with E-state index in [1.807, 2.05) is 13.8 Å². The maximum atomic E-state index is 12.8. The summed E-state index contributed by atoms with van der Waals surface area (Å²) in [6.07, 6.45) is 0. The van der Waals surface area contributed by atoms with Crippen molar-refractivity contribution in [3.05, 3.63) is 65.5 Å². The molecule has 0 spiro atoms. The summed E-state index contributed by atoms with van der Waals surface area (Å²) in [5, 5.41) is 5.31. The fourth-order valence-electron chi connectivity index (χ4n) is 1.99.